The lowest BCUT2D eigenvalue weighted by atomic mass is 9.78. The van der Waals surface area contributed by atoms with Gasteiger partial charge in [-0.25, -0.2) is 0 Å². The van der Waals surface area contributed by atoms with Crippen molar-refractivity contribution in [2.75, 3.05) is 33.4 Å². The van der Waals surface area contributed by atoms with Gasteiger partial charge in [-0.1, -0.05) is 0 Å². The Morgan fingerprint density at radius 2 is 2.13 bits per heavy atom. The first-order valence-electron chi connectivity index (χ1n) is 8.06. The predicted octanol–water partition coefficient (Wildman–Crippen LogP) is 1.44. The summed E-state index contributed by atoms with van der Waals surface area (Å²) in [4.78, 5) is 12.6. The molecule has 23 heavy (non-hydrogen) atoms. The first-order chi connectivity index (χ1) is 10.6. The van der Waals surface area contributed by atoms with Crippen LogP contribution >= 0.6 is 12.4 Å². The molecule has 1 amide bonds. The Balaban J connectivity index is 0.00000264. The maximum Gasteiger partial charge on any atom is 0.228 e. The quantitative estimate of drug-likeness (QED) is 0.734. The van der Waals surface area contributed by atoms with E-state index in [1.54, 1.807) is 7.11 Å². The normalized spacial score (nSPS) is 16.7. The first kappa shape index (κ1) is 19.9. The van der Waals surface area contributed by atoms with Crippen molar-refractivity contribution in [2.45, 2.75) is 39.7 Å². The molecule has 0 bridgehead atoms. The van der Waals surface area contributed by atoms with Crippen LogP contribution in [0, 0.1) is 19.3 Å². The molecule has 0 radical (unpaired) electrons. The number of aryl methyl sites for hydroxylation is 3. The van der Waals surface area contributed by atoms with Crippen molar-refractivity contribution in [2.24, 2.45) is 5.41 Å². The summed E-state index contributed by atoms with van der Waals surface area (Å²) in [7, 11) is 1.67. The zero-order chi connectivity index (χ0) is 16.0. The lowest BCUT2D eigenvalue weighted by molar-refractivity contribution is -0.136. The van der Waals surface area contributed by atoms with Crippen molar-refractivity contribution in [1.82, 2.24) is 20.4 Å². The highest BCUT2D eigenvalue weighted by molar-refractivity contribution is 5.85. The second-order valence-electron chi connectivity index (χ2n) is 6.22. The van der Waals surface area contributed by atoms with Crippen molar-refractivity contribution in [3.63, 3.8) is 0 Å². The van der Waals surface area contributed by atoms with E-state index in [1.165, 1.54) is 0 Å². The highest BCUT2D eigenvalue weighted by atomic mass is 35.5. The average Bonchev–Trinajstić information content (AvgIpc) is 2.82. The third kappa shape index (κ3) is 5.19. The number of nitrogens with zero attached hydrogens (tertiary/aromatic N) is 2. The lowest BCUT2D eigenvalue weighted by Crippen LogP contribution is -2.50. The van der Waals surface area contributed by atoms with Gasteiger partial charge < -0.3 is 15.4 Å². The van der Waals surface area contributed by atoms with Crippen LogP contribution in [0.25, 0.3) is 0 Å². The van der Waals surface area contributed by atoms with Crippen LogP contribution in [-0.2, 0) is 16.1 Å². The molecule has 132 valence electrons. The van der Waals surface area contributed by atoms with Gasteiger partial charge in [0.05, 0.1) is 17.7 Å². The number of carbonyl (C=O) groups is 1. The minimum atomic E-state index is -0.363. The van der Waals surface area contributed by atoms with Gasteiger partial charge in [-0.2, -0.15) is 5.10 Å². The summed E-state index contributed by atoms with van der Waals surface area (Å²) in [5.74, 6) is 0.129. The molecule has 0 unspecified atom stereocenters. The van der Waals surface area contributed by atoms with Crippen LogP contribution in [0.2, 0.25) is 0 Å². The van der Waals surface area contributed by atoms with Gasteiger partial charge in [0.25, 0.3) is 0 Å². The third-order valence-corrected chi connectivity index (χ3v) is 4.40. The van der Waals surface area contributed by atoms with Gasteiger partial charge in [0.15, 0.2) is 0 Å². The molecule has 1 aromatic rings. The minimum absolute atomic E-state index is 0. The zero-order valence-corrected chi connectivity index (χ0v) is 15.2. The summed E-state index contributed by atoms with van der Waals surface area (Å²) in [6.07, 6.45) is 2.56. The van der Waals surface area contributed by atoms with Gasteiger partial charge in [0.2, 0.25) is 5.91 Å². The van der Waals surface area contributed by atoms with E-state index < -0.39 is 0 Å². The number of carbonyl (C=O) groups excluding carboxylic acids is 1. The molecular weight excluding hydrogens is 316 g/mol. The molecule has 0 atom stereocenters. The molecule has 7 heteroatoms. The lowest BCUT2D eigenvalue weighted by Gasteiger charge is -2.35. The number of piperidine rings is 1. The number of hydrogen-bond donors (Lipinski definition) is 2. The second kappa shape index (κ2) is 9.25. The van der Waals surface area contributed by atoms with Gasteiger partial charge in [-0.15, -0.1) is 12.4 Å². The van der Waals surface area contributed by atoms with E-state index in [0.29, 0.717) is 13.2 Å². The van der Waals surface area contributed by atoms with Gasteiger partial charge >= 0.3 is 0 Å². The first-order valence-corrected chi connectivity index (χ1v) is 8.06. The van der Waals surface area contributed by atoms with Gasteiger partial charge in [-0.05, 0) is 52.3 Å². The number of nitrogens with one attached hydrogen (secondary N) is 2. The average molecular weight is 345 g/mol. The molecular formula is C16H29ClN4O2. The van der Waals surface area contributed by atoms with E-state index in [2.05, 4.69) is 28.7 Å². The molecule has 0 spiro atoms. The molecule has 2 N–H and O–H groups in total. The largest absolute Gasteiger partial charge is 0.384 e. The van der Waals surface area contributed by atoms with Crippen LogP contribution in [0.15, 0.2) is 6.07 Å². The minimum Gasteiger partial charge on any atom is -0.384 e. The Morgan fingerprint density at radius 3 is 2.70 bits per heavy atom. The molecule has 1 saturated heterocycles. The zero-order valence-electron chi connectivity index (χ0n) is 14.4. The van der Waals surface area contributed by atoms with E-state index in [0.717, 1.165) is 50.3 Å². The van der Waals surface area contributed by atoms with Crippen molar-refractivity contribution in [3.05, 3.63) is 17.5 Å². The molecule has 2 heterocycles. The van der Waals surface area contributed by atoms with E-state index in [9.17, 15) is 4.79 Å². The summed E-state index contributed by atoms with van der Waals surface area (Å²) in [5.41, 5.74) is 1.84. The predicted molar refractivity (Wildman–Crippen MR) is 93.0 cm³/mol. The SMILES string of the molecule is COCC1(C(=O)NCCCn2nc(C)cc2C)CCNCC1.Cl. The number of amides is 1. The summed E-state index contributed by atoms with van der Waals surface area (Å²) >= 11 is 0. The van der Waals surface area contributed by atoms with Crippen molar-refractivity contribution in [1.29, 1.82) is 0 Å². The van der Waals surface area contributed by atoms with E-state index in [1.807, 2.05) is 11.6 Å². The fourth-order valence-corrected chi connectivity index (χ4v) is 3.14. The number of hydrogen-bond acceptors (Lipinski definition) is 4. The standard InChI is InChI=1S/C16H28N4O2.ClH/c1-13-11-14(2)20(19-13)10-4-7-18-15(21)16(12-22-3)5-8-17-9-6-16;/h11,17H,4-10,12H2,1-3H3,(H,18,21);1H. The number of aromatic nitrogens is 2. The highest BCUT2D eigenvalue weighted by Gasteiger charge is 2.39. The maximum absolute atomic E-state index is 12.6. The number of halogens is 1. The Labute approximate surface area is 144 Å². The number of methoxy groups -OCH3 is 1. The van der Waals surface area contributed by atoms with Crippen molar-refractivity contribution in [3.8, 4) is 0 Å². The van der Waals surface area contributed by atoms with Gasteiger partial charge in [-0.3, -0.25) is 9.48 Å². The molecule has 1 aliphatic rings. The monoisotopic (exact) mass is 344 g/mol. The summed E-state index contributed by atoms with van der Waals surface area (Å²) < 4.78 is 7.29. The van der Waals surface area contributed by atoms with Crippen LogP contribution < -0.4 is 10.6 Å². The Bertz CT molecular complexity index is 493. The van der Waals surface area contributed by atoms with Gasteiger partial charge in [0, 0.05) is 25.9 Å². The van der Waals surface area contributed by atoms with Crippen molar-refractivity contribution < 1.29 is 9.53 Å². The van der Waals surface area contributed by atoms with Crippen LogP contribution in [0.3, 0.4) is 0 Å². The van der Waals surface area contributed by atoms with Crippen LogP contribution in [0.4, 0.5) is 0 Å². The summed E-state index contributed by atoms with van der Waals surface area (Å²) in [6, 6.07) is 2.07. The van der Waals surface area contributed by atoms with E-state index in [-0.39, 0.29) is 23.7 Å². The van der Waals surface area contributed by atoms with E-state index in [4.69, 9.17) is 4.74 Å². The fourth-order valence-electron chi connectivity index (χ4n) is 3.14. The van der Waals surface area contributed by atoms with E-state index >= 15 is 0 Å². The molecule has 1 fully saturated rings. The Kier molecular flexibility index (Phi) is 8.02. The fraction of sp³-hybridized carbons (Fsp3) is 0.750. The van der Waals surface area contributed by atoms with Gasteiger partial charge in [0.1, 0.15) is 0 Å². The topological polar surface area (TPSA) is 68.2 Å². The molecule has 2 rings (SSSR count). The Morgan fingerprint density at radius 1 is 1.43 bits per heavy atom. The summed E-state index contributed by atoms with van der Waals surface area (Å²) in [5, 5.41) is 10.8. The maximum atomic E-state index is 12.6. The number of ether oxygens (including phenoxy) is 1. The summed E-state index contributed by atoms with van der Waals surface area (Å²) in [6.45, 7) is 7.82. The molecule has 1 aromatic heterocycles. The third-order valence-electron chi connectivity index (χ3n) is 4.40. The molecule has 1 aliphatic heterocycles. The number of rotatable bonds is 7. The molecule has 0 aromatic carbocycles. The van der Waals surface area contributed by atoms with Crippen LogP contribution in [-0.4, -0.2) is 49.0 Å². The van der Waals surface area contributed by atoms with Crippen LogP contribution in [0.1, 0.15) is 30.7 Å². The molecule has 6 nitrogen and oxygen atoms in total. The van der Waals surface area contributed by atoms with Crippen molar-refractivity contribution >= 4 is 18.3 Å². The highest BCUT2D eigenvalue weighted by Crippen LogP contribution is 2.29. The van der Waals surface area contributed by atoms with Crippen LogP contribution in [0.5, 0.6) is 0 Å². The molecule has 0 saturated carbocycles. The molecule has 0 aliphatic carbocycles. The second-order valence-corrected chi connectivity index (χ2v) is 6.22. The smallest absolute Gasteiger partial charge is 0.228 e. The Hall–Kier alpha value is -1.11.